The summed E-state index contributed by atoms with van der Waals surface area (Å²) >= 11 is 0. The smallest absolute Gasteiger partial charge is 0.224 e. The van der Waals surface area contributed by atoms with Crippen molar-refractivity contribution in [3.8, 4) is 11.4 Å². The van der Waals surface area contributed by atoms with E-state index in [4.69, 9.17) is 0 Å². The Morgan fingerprint density at radius 3 is 3.00 bits per heavy atom. The summed E-state index contributed by atoms with van der Waals surface area (Å²) in [6.07, 6.45) is 5.44. The van der Waals surface area contributed by atoms with Crippen molar-refractivity contribution in [2.45, 2.75) is 52.0 Å². The second-order valence-electron chi connectivity index (χ2n) is 5.89. The molecule has 0 saturated heterocycles. The third kappa shape index (κ3) is 3.41. The molecule has 0 bridgehead atoms. The van der Waals surface area contributed by atoms with Crippen LogP contribution in [0.2, 0.25) is 0 Å². The zero-order valence-electron chi connectivity index (χ0n) is 13.3. The fourth-order valence-corrected chi connectivity index (χ4v) is 2.90. The monoisotopic (exact) mass is 316 g/mol. The molecule has 1 aliphatic rings. The molecule has 1 amide bonds. The predicted molar refractivity (Wildman–Crippen MR) is 86.5 cm³/mol. The van der Waals surface area contributed by atoms with Gasteiger partial charge in [0, 0.05) is 24.9 Å². The van der Waals surface area contributed by atoms with Crippen LogP contribution in [0.1, 0.15) is 44.9 Å². The summed E-state index contributed by atoms with van der Waals surface area (Å²) in [6, 6.07) is 4.70. The number of aryl methyl sites for hydroxylation is 1. The largest absolute Gasteiger partial charge is 0.324 e. The molecule has 5 nitrogen and oxygen atoms in total. The second-order valence-corrected chi connectivity index (χ2v) is 5.89. The van der Waals surface area contributed by atoms with Gasteiger partial charge in [-0.25, -0.2) is 4.39 Å². The van der Waals surface area contributed by atoms with Crippen LogP contribution in [0, 0.1) is 5.82 Å². The molecule has 1 aromatic heterocycles. The maximum atomic E-state index is 14.0. The van der Waals surface area contributed by atoms with E-state index >= 15 is 0 Å². The van der Waals surface area contributed by atoms with Crippen molar-refractivity contribution in [2.24, 2.45) is 0 Å². The van der Waals surface area contributed by atoms with Gasteiger partial charge in [-0.05, 0) is 37.5 Å². The van der Waals surface area contributed by atoms with E-state index in [-0.39, 0.29) is 11.6 Å². The molecule has 0 saturated carbocycles. The SMILES string of the molecule is CCCC(=O)Nc1cc(-c2nnc3n2CCCCC3)ccc1F. The third-order valence-corrected chi connectivity index (χ3v) is 4.09. The Morgan fingerprint density at radius 1 is 1.30 bits per heavy atom. The van der Waals surface area contributed by atoms with Crippen molar-refractivity contribution in [3.05, 3.63) is 29.8 Å². The van der Waals surface area contributed by atoms with Crippen molar-refractivity contribution in [1.29, 1.82) is 0 Å². The lowest BCUT2D eigenvalue weighted by Crippen LogP contribution is -2.12. The molecule has 0 fully saturated rings. The number of hydrogen-bond donors (Lipinski definition) is 1. The van der Waals surface area contributed by atoms with E-state index in [1.165, 1.54) is 12.5 Å². The van der Waals surface area contributed by atoms with Gasteiger partial charge in [0.25, 0.3) is 0 Å². The lowest BCUT2D eigenvalue weighted by molar-refractivity contribution is -0.116. The van der Waals surface area contributed by atoms with Crippen LogP contribution in [-0.4, -0.2) is 20.7 Å². The number of carbonyl (C=O) groups excluding carboxylic acids is 1. The molecule has 1 N–H and O–H groups in total. The Labute approximate surface area is 134 Å². The Bertz CT molecular complexity index is 711. The Kier molecular flexibility index (Phi) is 4.69. The number of rotatable bonds is 4. The number of halogens is 1. The zero-order valence-corrected chi connectivity index (χ0v) is 13.3. The highest BCUT2D eigenvalue weighted by Crippen LogP contribution is 2.26. The molecule has 0 radical (unpaired) electrons. The number of anilines is 1. The number of carbonyl (C=O) groups is 1. The minimum atomic E-state index is -0.436. The lowest BCUT2D eigenvalue weighted by Gasteiger charge is -2.10. The van der Waals surface area contributed by atoms with Gasteiger partial charge in [-0.15, -0.1) is 10.2 Å². The van der Waals surface area contributed by atoms with E-state index in [9.17, 15) is 9.18 Å². The van der Waals surface area contributed by atoms with Gasteiger partial charge in [-0.1, -0.05) is 13.3 Å². The third-order valence-electron chi connectivity index (χ3n) is 4.09. The minimum absolute atomic E-state index is 0.177. The number of aromatic nitrogens is 3. The normalized spacial score (nSPS) is 14.2. The van der Waals surface area contributed by atoms with Crippen molar-refractivity contribution < 1.29 is 9.18 Å². The van der Waals surface area contributed by atoms with Gasteiger partial charge in [-0.3, -0.25) is 4.79 Å². The quantitative estimate of drug-likeness (QED) is 0.938. The van der Waals surface area contributed by atoms with Gasteiger partial charge in [0.15, 0.2) is 5.82 Å². The van der Waals surface area contributed by atoms with Gasteiger partial charge in [-0.2, -0.15) is 0 Å². The number of nitrogens with zero attached hydrogens (tertiary/aromatic N) is 3. The molecule has 1 aromatic carbocycles. The highest BCUT2D eigenvalue weighted by molar-refractivity contribution is 5.91. The standard InChI is InChI=1S/C17H21FN4O/c1-2-6-16(23)19-14-11-12(8-9-13(14)18)17-21-20-15-7-4-3-5-10-22(15)17/h8-9,11H,2-7,10H2,1H3,(H,19,23). The highest BCUT2D eigenvalue weighted by Gasteiger charge is 2.17. The summed E-state index contributed by atoms with van der Waals surface area (Å²) in [5.74, 6) is 1.11. The molecular weight excluding hydrogens is 295 g/mol. The summed E-state index contributed by atoms with van der Waals surface area (Å²) in [6.45, 7) is 2.80. The van der Waals surface area contributed by atoms with Crippen LogP contribution in [0.15, 0.2) is 18.2 Å². The maximum Gasteiger partial charge on any atom is 0.224 e. The summed E-state index contributed by atoms with van der Waals surface area (Å²) in [4.78, 5) is 11.7. The molecule has 1 aliphatic heterocycles. The number of amides is 1. The van der Waals surface area contributed by atoms with Crippen LogP contribution in [0.5, 0.6) is 0 Å². The van der Waals surface area contributed by atoms with Crippen molar-refractivity contribution in [1.82, 2.24) is 14.8 Å². The van der Waals surface area contributed by atoms with Gasteiger partial charge < -0.3 is 9.88 Å². The van der Waals surface area contributed by atoms with Gasteiger partial charge in [0.05, 0.1) is 5.69 Å². The van der Waals surface area contributed by atoms with Crippen LogP contribution < -0.4 is 5.32 Å². The van der Waals surface area contributed by atoms with Crippen LogP contribution in [0.4, 0.5) is 10.1 Å². The molecule has 122 valence electrons. The van der Waals surface area contributed by atoms with Crippen LogP contribution >= 0.6 is 0 Å². The maximum absolute atomic E-state index is 14.0. The Morgan fingerprint density at radius 2 is 2.17 bits per heavy atom. The molecular formula is C17H21FN4O. The summed E-state index contributed by atoms with van der Waals surface area (Å²) in [7, 11) is 0. The average molecular weight is 316 g/mol. The summed E-state index contributed by atoms with van der Waals surface area (Å²) in [5, 5.41) is 11.2. The predicted octanol–water partition coefficient (Wildman–Crippen LogP) is 3.55. The van der Waals surface area contributed by atoms with Crippen LogP contribution in [0.3, 0.4) is 0 Å². The fraction of sp³-hybridized carbons (Fsp3) is 0.471. The van der Waals surface area contributed by atoms with Crippen molar-refractivity contribution >= 4 is 11.6 Å². The molecule has 2 aromatic rings. The van der Waals surface area contributed by atoms with Gasteiger partial charge >= 0.3 is 0 Å². The molecule has 0 aliphatic carbocycles. The first-order valence-electron chi connectivity index (χ1n) is 8.21. The molecule has 0 spiro atoms. The Balaban J connectivity index is 1.92. The zero-order chi connectivity index (χ0) is 16.2. The van der Waals surface area contributed by atoms with Crippen LogP contribution in [-0.2, 0) is 17.8 Å². The highest BCUT2D eigenvalue weighted by atomic mass is 19.1. The number of hydrogen-bond acceptors (Lipinski definition) is 3. The lowest BCUT2D eigenvalue weighted by atomic mass is 10.1. The van der Waals surface area contributed by atoms with E-state index in [0.717, 1.165) is 49.4 Å². The number of nitrogens with one attached hydrogen (secondary N) is 1. The summed E-state index contributed by atoms with van der Waals surface area (Å²) < 4.78 is 16.1. The molecule has 3 rings (SSSR count). The first kappa shape index (κ1) is 15.6. The first-order valence-corrected chi connectivity index (χ1v) is 8.21. The first-order chi connectivity index (χ1) is 11.2. The van der Waals surface area contributed by atoms with E-state index < -0.39 is 5.82 Å². The minimum Gasteiger partial charge on any atom is -0.324 e. The number of fused-ring (bicyclic) bond motifs is 1. The summed E-state index contributed by atoms with van der Waals surface area (Å²) in [5.41, 5.74) is 0.978. The van der Waals surface area contributed by atoms with Gasteiger partial charge in [0.2, 0.25) is 5.91 Å². The molecule has 0 atom stereocenters. The molecule has 23 heavy (non-hydrogen) atoms. The van der Waals surface area contributed by atoms with E-state index in [1.807, 2.05) is 6.92 Å². The average Bonchev–Trinajstić information content (AvgIpc) is 2.78. The van der Waals surface area contributed by atoms with Crippen molar-refractivity contribution in [3.63, 3.8) is 0 Å². The number of benzene rings is 1. The van der Waals surface area contributed by atoms with Crippen LogP contribution in [0.25, 0.3) is 11.4 Å². The van der Waals surface area contributed by atoms with E-state index in [0.29, 0.717) is 6.42 Å². The van der Waals surface area contributed by atoms with Crippen molar-refractivity contribution in [2.75, 3.05) is 5.32 Å². The van der Waals surface area contributed by atoms with E-state index in [1.54, 1.807) is 12.1 Å². The molecule has 2 heterocycles. The molecule has 6 heteroatoms. The topological polar surface area (TPSA) is 59.8 Å². The second kappa shape index (κ2) is 6.89. The molecule has 0 unspecified atom stereocenters. The fourth-order valence-electron chi connectivity index (χ4n) is 2.90. The van der Waals surface area contributed by atoms with Gasteiger partial charge in [0.1, 0.15) is 11.6 Å². The van der Waals surface area contributed by atoms with E-state index in [2.05, 4.69) is 20.1 Å². The Hall–Kier alpha value is -2.24.